The van der Waals surface area contributed by atoms with Gasteiger partial charge >= 0.3 is 0 Å². The van der Waals surface area contributed by atoms with E-state index in [9.17, 15) is 21.2 Å². The molecule has 0 heterocycles. The lowest BCUT2D eigenvalue weighted by Gasteiger charge is -2.21. The van der Waals surface area contributed by atoms with Gasteiger partial charge in [0.25, 0.3) is 0 Å². The standard InChI is InChI=1S/C23H21F3N2O4S2/c24-18-19(25)23(33(29,30)13-12-14-6-2-1-3-7-14)21(20(26)22(18)34(27,31)32)28-17-11-10-15-8-4-5-9-16(15)17/h1-9,17,28H,10-13H2,(H2,27,31,32)/t17-/m0/s1. The average molecular weight is 511 g/mol. The fourth-order valence-electron chi connectivity index (χ4n) is 4.17. The van der Waals surface area contributed by atoms with Gasteiger partial charge in [0.05, 0.1) is 17.5 Å². The highest BCUT2D eigenvalue weighted by Gasteiger charge is 2.37. The molecule has 0 spiro atoms. The molecule has 1 aliphatic carbocycles. The molecule has 0 saturated carbocycles. The Kier molecular flexibility index (Phi) is 6.45. The molecule has 11 heteroatoms. The van der Waals surface area contributed by atoms with E-state index in [1.165, 1.54) is 0 Å². The van der Waals surface area contributed by atoms with Crippen LogP contribution < -0.4 is 10.5 Å². The third-order valence-electron chi connectivity index (χ3n) is 5.79. The molecule has 0 amide bonds. The topological polar surface area (TPSA) is 106 Å². The zero-order valence-electron chi connectivity index (χ0n) is 17.8. The van der Waals surface area contributed by atoms with Gasteiger partial charge in [0.1, 0.15) is 4.90 Å². The van der Waals surface area contributed by atoms with Crippen molar-refractivity contribution in [2.45, 2.75) is 35.1 Å². The normalized spacial score (nSPS) is 15.8. The Morgan fingerprint density at radius 2 is 1.47 bits per heavy atom. The molecule has 0 aliphatic heterocycles. The van der Waals surface area contributed by atoms with Gasteiger partial charge < -0.3 is 5.32 Å². The molecule has 180 valence electrons. The van der Waals surface area contributed by atoms with Crippen LogP contribution in [-0.2, 0) is 32.7 Å². The van der Waals surface area contributed by atoms with E-state index in [-0.39, 0.29) is 6.42 Å². The fraction of sp³-hybridized carbons (Fsp3) is 0.217. The summed E-state index contributed by atoms with van der Waals surface area (Å²) < 4.78 is 95.2. The molecule has 0 unspecified atom stereocenters. The first kappa shape index (κ1) is 24.2. The Bertz CT molecular complexity index is 1460. The molecule has 6 nitrogen and oxygen atoms in total. The van der Waals surface area contributed by atoms with Crippen LogP contribution in [0.1, 0.15) is 29.2 Å². The molecule has 3 aromatic carbocycles. The van der Waals surface area contributed by atoms with Gasteiger partial charge in [-0.15, -0.1) is 0 Å². The zero-order chi connectivity index (χ0) is 24.7. The smallest absolute Gasteiger partial charge is 0.244 e. The number of nitrogens with one attached hydrogen (secondary N) is 1. The van der Waals surface area contributed by atoms with Gasteiger partial charge in [-0.2, -0.15) is 0 Å². The Balaban J connectivity index is 1.85. The summed E-state index contributed by atoms with van der Waals surface area (Å²) in [5, 5.41) is 7.56. The van der Waals surface area contributed by atoms with Crippen molar-refractivity contribution in [1.29, 1.82) is 0 Å². The highest BCUT2D eigenvalue weighted by Crippen LogP contribution is 2.40. The second-order valence-corrected chi connectivity index (χ2v) is 11.6. The molecule has 0 fully saturated rings. The Morgan fingerprint density at radius 3 is 2.15 bits per heavy atom. The van der Waals surface area contributed by atoms with Crippen LogP contribution in [0.2, 0.25) is 0 Å². The van der Waals surface area contributed by atoms with Crippen molar-refractivity contribution in [3.63, 3.8) is 0 Å². The van der Waals surface area contributed by atoms with Crippen molar-refractivity contribution in [2.75, 3.05) is 11.1 Å². The van der Waals surface area contributed by atoms with Gasteiger partial charge in [0.15, 0.2) is 32.2 Å². The van der Waals surface area contributed by atoms with Crippen molar-refractivity contribution in [3.8, 4) is 0 Å². The fourth-order valence-corrected chi connectivity index (χ4v) is 6.39. The van der Waals surface area contributed by atoms with E-state index in [0.717, 1.165) is 11.1 Å². The third kappa shape index (κ3) is 4.55. The lowest BCUT2D eigenvalue weighted by Crippen LogP contribution is -2.23. The molecular formula is C23H21F3N2O4S2. The quantitative estimate of drug-likeness (QED) is 0.470. The number of sulfone groups is 1. The van der Waals surface area contributed by atoms with Crippen molar-refractivity contribution < 1.29 is 30.0 Å². The van der Waals surface area contributed by atoms with Gasteiger partial charge in [-0.1, -0.05) is 54.6 Å². The minimum Gasteiger partial charge on any atom is -0.375 e. The Labute approximate surface area is 195 Å². The molecule has 3 N–H and O–H groups in total. The van der Waals surface area contributed by atoms with Crippen molar-refractivity contribution in [3.05, 3.63) is 88.7 Å². The maximum Gasteiger partial charge on any atom is 0.244 e. The molecule has 4 rings (SSSR count). The summed E-state index contributed by atoms with van der Waals surface area (Å²) in [6.07, 6.45) is 0.942. The van der Waals surface area contributed by atoms with Gasteiger partial charge in [-0.05, 0) is 36.0 Å². The highest BCUT2D eigenvalue weighted by atomic mass is 32.2. The maximum atomic E-state index is 15.4. The van der Waals surface area contributed by atoms with Crippen molar-refractivity contribution >= 4 is 25.5 Å². The first-order valence-electron chi connectivity index (χ1n) is 10.3. The molecule has 0 aromatic heterocycles. The summed E-state index contributed by atoms with van der Waals surface area (Å²) in [5.74, 6) is -6.59. The van der Waals surface area contributed by atoms with Crippen molar-refractivity contribution in [2.24, 2.45) is 5.14 Å². The highest BCUT2D eigenvalue weighted by molar-refractivity contribution is 7.91. The molecular weight excluding hydrogens is 489 g/mol. The van der Waals surface area contributed by atoms with E-state index in [1.807, 2.05) is 6.07 Å². The number of fused-ring (bicyclic) bond motifs is 1. The lowest BCUT2D eigenvalue weighted by atomic mass is 10.1. The van der Waals surface area contributed by atoms with Crippen LogP contribution in [0.25, 0.3) is 0 Å². The van der Waals surface area contributed by atoms with Crippen LogP contribution >= 0.6 is 0 Å². The number of hydrogen-bond acceptors (Lipinski definition) is 5. The Morgan fingerprint density at radius 1 is 0.853 bits per heavy atom. The molecule has 3 aromatic rings. The first-order valence-corrected chi connectivity index (χ1v) is 13.5. The predicted octanol–water partition coefficient (Wildman–Crippen LogP) is 3.87. The number of halogens is 3. The molecule has 34 heavy (non-hydrogen) atoms. The van der Waals surface area contributed by atoms with Crippen LogP contribution in [-0.4, -0.2) is 22.6 Å². The van der Waals surface area contributed by atoms with Crippen molar-refractivity contribution in [1.82, 2.24) is 0 Å². The summed E-state index contributed by atoms with van der Waals surface area (Å²) in [4.78, 5) is -2.98. The van der Waals surface area contributed by atoms with E-state index in [1.54, 1.807) is 48.5 Å². The number of hydrogen-bond donors (Lipinski definition) is 2. The minimum absolute atomic E-state index is 0.0471. The number of aryl methyl sites for hydroxylation is 2. The molecule has 1 atom stereocenters. The number of sulfonamides is 1. The predicted molar refractivity (Wildman–Crippen MR) is 121 cm³/mol. The van der Waals surface area contributed by atoms with Gasteiger partial charge in [0, 0.05) is 0 Å². The third-order valence-corrected chi connectivity index (χ3v) is 8.46. The number of primary sulfonamides is 1. The number of nitrogens with two attached hydrogens (primary N) is 1. The summed E-state index contributed by atoms with van der Waals surface area (Å²) in [5.41, 5.74) is 1.31. The molecule has 0 bridgehead atoms. The van der Waals surface area contributed by atoms with E-state index < -0.39 is 64.6 Å². The summed E-state index contributed by atoms with van der Waals surface area (Å²) >= 11 is 0. The molecule has 0 radical (unpaired) electrons. The lowest BCUT2D eigenvalue weighted by molar-refractivity contribution is 0.440. The summed E-state index contributed by atoms with van der Waals surface area (Å²) in [6, 6.07) is 14.9. The van der Waals surface area contributed by atoms with Gasteiger partial charge in [-0.25, -0.2) is 35.1 Å². The molecule has 0 saturated heterocycles. The molecule has 1 aliphatic rings. The zero-order valence-corrected chi connectivity index (χ0v) is 19.4. The second-order valence-electron chi connectivity index (χ2n) is 8.01. The SMILES string of the molecule is NS(=O)(=O)c1c(F)c(F)c(S(=O)(=O)CCc2ccccc2)c(N[C@H]2CCc3ccccc32)c1F. The summed E-state index contributed by atoms with van der Waals surface area (Å²) in [6.45, 7) is 0. The van der Waals surface area contributed by atoms with Crippen LogP contribution in [0.15, 0.2) is 64.4 Å². The second kappa shape index (κ2) is 9.05. The monoisotopic (exact) mass is 510 g/mol. The largest absolute Gasteiger partial charge is 0.375 e. The number of rotatable bonds is 7. The first-order chi connectivity index (χ1) is 16.0. The Hall–Kier alpha value is -2.89. The van der Waals surface area contributed by atoms with E-state index in [0.29, 0.717) is 18.4 Å². The van der Waals surface area contributed by atoms with Gasteiger partial charge in [0.2, 0.25) is 10.0 Å². The van der Waals surface area contributed by atoms with E-state index in [4.69, 9.17) is 5.14 Å². The number of anilines is 1. The van der Waals surface area contributed by atoms with Crippen LogP contribution in [0.3, 0.4) is 0 Å². The van der Waals surface area contributed by atoms with E-state index in [2.05, 4.69) is 5.32 Å². The summed E-state index contributed by atoms with van der Waals surface area (Å²) in [7, 11) is -9.64. The minimum atomic E-state index is -5.05. The van der Waals surface area contributed by atoms with Crippen LogP contribution in [0.4, 0.5) is 18.9 Å². The average Bonchev–Trinajstić information content (AvgIpc) is 3.19. The van der Waals surface area contributed by atoms with Crippen LogP contribution in [0, 0.1) is 17.5 Å². The van der Waals surface area contributed by atoms with E-state index >= 15 is 8.78 Å². The maximum absolute atomic E-state index is 15.4. The number of benzene rings is 3. The van der Waals surface area contributed by atoms with Gasteiger partial charge in [-0.3, -0.25) is 0 Å². The van der Waals surface area contributed by atoms with Crippen LogP contribution in [0.5, 0.6) is 0 Å².